The van der Waals surface area contributed by atoms with Crippen molar-refractivity contribution in [3.05, 3.63) is 57.0 Å². The molecule has 0 aliphatic carbocycles. The van der Waals surface area contributed by atoms with Crippen molar-refractivity contribution in [3.8, 4) is 0 Å². The molecule has 0 radical (unpaired) electrons. The van der Waals surface area contributed by atoms with E-state index in [4.69, 9.17) is 9.15 Å². The summed E-state index contributed by atoms with van der Waals surface area (Å²) < 4.78 is 10.6. The first kappa shape index (κ1) is 23.1. The van der Waals surface area contributed by atoms with Gasteiger partial charge in [0.05, 0.1) is 7.11 Å². The fraction of sp³-hybridized carbons (Fsp3) is 0.478. The Morgan fingerprint density at radius 3 is 2.17 bits per heavy atom. The van der Waals surface area contributed by atoms with Crippen LogP contribution in [0.3, 0.4) is 0 Å². The van der Waals surface area contributed by atoms with Crippen LogP contribution in [-0.4, -0.2) is 37.0 Å². The molecule has 0 aliphatic rings. The highest BCUT2D eigenvalue weighted by molar-refractivity contribution is 7.98. The van der Waals surface area contributed by atoms with Crippen LogP contribution in [0, 0.1) is 34.6 Å². The standard InChI is InChI=1S/C23H31NO4S/c1-13-14(2)16(4)19(17(5)15(13)3)12-18-8-9-21(28-18)22(25)24-20(10-11-29-7)23(26)27-6/h8-9,20H,10-12H2,1-7H3,(H,24,25). The van der Waals surface area contributed by atoms with Crippen molar-refractivity contribution in [2.75, 3.05) is 19.1 Å². The summed E-state index contributed by atoms with van der Waals surface area (Å²) in [6, 6.07) is 2.81. The molecule has 29 heavy (non-hydrogen) atoms. The molecule has 2 aromatic rings. The van der Waals surface area contributed by atoms with Gasteiger partial charge in [0.2, 0.25) is 0 Å². The van der Waals surface area contributed by atoms with E-state index >= 15 is 0 Å². The van der Waals surface area contributed by atoms with Crippen molar-refractivity contribution in [1.82, 2.24) is 5.32 Å². The predicted molar refractivity (Wildman–Crippen MR) is 118 cm³/mol. The lowest BCUT2D eigenvalue weighted by molar-refractivity contribution is -0.142. The molecule has 0 aliphatic heterocycles. The molecule has 6 heteroatoms. The number of methoxy groups -OCH3 is 1. The highest BCUT2D eigenvalue weighted by Crippen LogP contribution is 2.28. The van der Waals surface area contributed by atoms with Crippen molar-refractivity contribution in [3.63, 3.8) is 0 Å². The molecule has 1 aromatic carbocycles. The first-order valence-electron chi connectivity index (χ1n) is 9.73. The first-order valence-corrected chi connectivity index (χ1v) is 11.1. The number of benzene rings is 1. The Labute approximate surface area is 177 Å². The molecule has 2 rings (SSSR count). The van der Waals surface area contributed by atoms with Gasteiger partial charge in [-0.05, 0) is 98.6 Å². The largest absolute Gasteiger partial charge is 0.467 e. The SMILES string of the molecule is COC(=O)C(CCSC)NC(=O)c1ccc(Cc2c(C)c(C)c(C)c(C)c2C)o1. The van der Waals surface area contributed by atoms with Gasteiger partial charge in [-0.2, -0.15) is 11.8 Å². The second-order valence-electron chi connectivity index (χ2n) is 7.38. The van der Waals surface area contributed by atoms with Crippen LogP contribution in [0.25, 0.3) is 0 Å². The van der Waals surface area contributed by atoms with Gasteiger partial charge in [0, 0.05) is 6.42 Å². The molecule has 1 unspecified atom stereocenters. The van der Waals surface area contributed by atoms with Crippen LogP contribution in [0.2, 0.25) is 0 Å². The Hall–Kier alpha value is -2.21. The van der Waals surface area contributed by atoms with Gasteiger partial charge in [-0.3, -0.25) is 4.79 Å². The monoisotopic (exact) mass is 417 g/mol. The molecule has 1 atom stereocenters. The summed E-state index contributed by atoms with van der Waals surface area (Å²) in [4.78, 5) is 24.5. The van der Waals surface area contributed by atoms with Crippen LogP contribution < -0.4 is 5.32 Å². The van der Waals surface area contributed by atoms with Gasteiger partial charge < -0.3 is 14.5 Å². The van der Waals surface area contributed by atoms with E-state index in [0.29, 0.717) is 12.8 Å². The minimum atomic E-state index is -0.680. The molecule has 0 spiro atoms. The van der Waals surface area contributed by atoms with Gasteiger partial charge in [-0.15, -0.1) is 0 Å². The summed E-state index contributed by atoms with van der Waals surface area (Å²) >= 11 is 1.61. The number of carbonyl (C=O) groups is 2. The summed E-state index contributed by atoms with van der Waals surface area (Å²) in [5, 5.41) is 2.72. The topological polar surface area (TPSA) is 68.5 Å². The van der Waals surface area contributed by atoms with E-state index in [1.807, 2.05) is 12.3 Å². The van der Waals surface area contributed by atoms with Crippen molar-refractivity contribution < 1.29 is 18.7 Å². The Bertz CT molecular complexity index is 872. The quantitative estimate of drug-likeness (QED) is 0.643. The van der Waals surface area contributed by atoms with Gasteiger partial charge in [-0.1, -0.05) is 0 Å². The lowest BCUT2D eigenvalue weighted by atomic mass is 9.88. The molecule has 1 N–H and O–H groups in total. The number of carbonyl (C=O) groups excluding carboxylic acids is 2. The third-order valence-corrected chi connectivity index (χ3v) is 6.44. The molecule has 0 fully saturated rings. The number of nitrogens with one attached hydrogen (secondary N) is 1. The van der Waals surface area contributed by atoms with Crippen molar-refractivity contribution >= 4 is 23.6 Å². The number of thioether (sulfide) groups is 1. The summed E-state index contributed by atoms with van der Waals surface area (Å²) in [7, 11) is 1.32. The lowest BCUT2D eigenvalue weighted by Crippen LogP contribution is -2.41. The van der Waals surface area contributed by atoms with Crippen molar-refractivity contribution in [2.45, 2.75) is 53.5 Å². The zero-order valence-corrected chi connectivity index (χ0v) is 19.2. The van der Waals surface area contributed by atoms with Gasteiger partial charge in [0.15, 0.2) is 5.76 Å². The molecule has 0 bridgehead atoms. The zero-order chi connectivity index (χ0) is 21.7. The Balaban J connectivity index is 2.19. The first-order chi connectivity index (χ1) is 13.7. The highest BCUT2D eigenvalue weighted by atomic mass is 32.2. The highest BCUT2D eigenvalue weighted by Gasteiger charge is 2.23. The number of esters is 1. The van der Waals surface area contributed by atoms with Crippen LogP contribution in [0.1, 0.15) is 56.1 Å². The minimum Gasteiger partial charge on any atom is -0.467 e. The van der Waals surface area contributed by atoms with Gasteiger partial charge in [0.25, 0.3) is 5.91 Å². The molecular weight excluding hydrogens is 386 g/mol. The Morgan fingerprint density at radius 2 is 1.62 bits per heavy atom. The predicted octanol–water partition coefficient (Wildman–Crippen LogP) is 4.44. The maximum Gasteiger partial charge on any atom is 0.328 e. The van der Waals surface area contributed by atoms with E-state index < -0.39 is 17.9 Å². The number of hydrogen-bond donors (Lipinski definition) is 1. The third-order valence-electron chi connectivity index (χ3n) is 5.79. The van der Waals surface area contributed by atoms with Crippen LogP contribution in [-0.2, 0) is 16.0 Å². The average molecular weight is 418 g/mol. The molecule has 158 valence electrons. The number of amides is 1. The number of rotatable bonds is 8. The van der Waals surface area contributed by atoms with E-state index in [2.05, 4.69) is 39.9 Å². The van der Waals surface area contributed by atoms with Crippen molar-refractivity contribution in [1.29, 1.82) is 0 Å². The number of ether oxygens (including phenoxy) is 1. The molecule has 0 saturated carbocycles. The second-order valence-corrected chi connectivity index (χ2v) is 8.36. The molecule has 1 heterocycles. The molecule has 0 saturated heterocycles. The van der Waals surface area contributed by atoms with Gasteiger partial charge in [-0.25, -0.2) is 4.79 Å². The summed E-state index contributed by atoms with van der Waals surface area (Å²) in [5.41, 5.74) is 7.66. The smallest absolute Gasteiger partial charge is 0.328 e. The maximum absolute atomic E-state index is 12.6. The summed E-state index contributed by atoms with van der Waals surface area (Å²) in [6.45, 7) is 10.7. The van der Waals surface area contributed by atoms with E-state index in [9.17, 15) is 9.59 Å². The molecule has 5 nitrogen and oxygen atoms in total. The van der Waals surface area contributed by atoms with Crippen molar-refractivity contribution in [2.24, 2.45) is 0 Å². The van der Waals surface area contributed by atoms with E-state index in [0.717, 1.165) is 11.5 Å². The van der Waals surface area contributed by atoms with Gasteiger partial charge >= 0.3 is 5.97 Å². The number of furan rings is 1. The normalized spacial score (nSPS) is 12.0. The summed E-state index contributed by atoms with van der Waals surface area (Å²) in [5.74, 6) is 0.818. The van der Waals surface area contributed by atoms with Crippen LogP contribution in [0.5, 0.6) is 0 Å². The fourth-order valence-corrected chi connectivity index (χ4v) is 3.94. The lowest BCUT2D eigenvalue weighted by Gasteiger charge is -2.18. The maximum atomic E-state index is 12.6. The van der Waals surface area contributed by atoms with Gasteiger partial charge in [0.1, 0.15) is 11.8 Å². The van der Waals surface area contributed by atoms with E-state index in [1.165, 1.54) is 40.5 Å². The van der Waals surface area contributed by atoms with Crippen LogP contribution >= 0.6 is 11.8 Å². The molecular formula is C23H31NO4S. The van der Waals surface area contributed by atoms with Crippen LogP contribution in [0.4, 0.5) is 0 Å². The minimum absolute atomic E-state index is 0.203. The molecule has 1 amide bonds. The molecule has 1 aromatic heterocycles. The zero-order valence-electron chi connectivity index (χ0n) is 18.4. The van der Waals surface area contributed by atoms with Crippen LogP contribution in [0.15, 0.2) is 16.5 Å². The van der Waals surface area contributed by atoms with E-state index in [1.54, 1.807) is 17.8 Å². The Morgan fingerprint density at radius 1 is 1.03 bits per heavy atom. The van der Waals surface area contributed by atoms with E-state index in [-0.39, 0.29) is 5.76 Å². The summed E-state index contributed by atoms with van der Waals surface area (Å²) in [6.07, 6.45) is 3.08. The second kappa shape index (κ2) is 10.0. The average Bonchev–Trinajstić information content (AvgIpc) is 3.19. The number of hydrogen-bond acceptors (Lipinski definition) is 5. The fourth-order valence-electron chi connectivity index (χ4n) is 3.47. The third kappa shape index (κ3) is 5.24. The Kier molecular flexibility index (Phi) is 7.96.